The van der Waals surface area contributed by atoms with Crippen molar-refractivity contribution in [2.24, 2.45) is 7.05 Å². The van der Waals surface area contributed by atoms with Crippen LogP contribution in [0.15, 0.2) is 65.5 Å². The van der Waals surface area contributed by atoms with Crippen LogP contribution in [0.25, 0.3) is 0 Å². The number of carboxylic acid groups (broad SMARTS) is 1. The average molecular weight is 393 g/mol. The predicted molar refractivity (Wildman–Crippen MR) is 111 cm³/mol. The van der Waals surface area contributed by atoms with Gasteiger partial charge in [0.2, 0.25) is 11.7 Å². The van der Waals surface area contributed by atoms with Crippen LogP contribution in [0.1, 0.15) is 28.5 Å². The van der Waals surface area contributed by atoms with Crippen LogP contribution in [0.2, 0.25) is 0 Å². The monoisotopic (exact) mass is 393 g/mol. The highest BCUT2D eigenvalue weighted by atomic mass is 16.5. The van der Waals surface area contributed by atoms with Crippen molar-refractivity contribution in [1.82, 2.24) is 9.55 Å². The molecule has 150 valence electrons. The number of carbonyl (C=O) groups is 1. The van der Waals surface area contributed by atoms with Crippen molar-refractivity contribution in [2.45, 2.75) is 12.5 Å². The van der Waals surface area contributed by atoms with Gasteiger partial charge >= 0.3 is 5.97 Å². The van der Waals surface area contributed by atoms with Gasteiger partial charge in [-0.25, -0.2) is 9.78 Å². The summed E-state index contributed by atoms with van der Waals surface area (Å²) >= 11 is 0. The Bertz CT molecular complexity index is 1040. The van der Waals surface area contributed by atoms with Gasteiger partial charge in [0.25, 0.3) is 5.56 Å². The molecule has 0 spiro atoms. The first-order chi connectivity index (χ1) is 13.8. The lowest BCUT2D eigenvalue weighted by Crippen LogP contribution is -2.45. The van der Waals surface area contributed by atoms with Crippen LogP contribution >= 0.6 is 0 Å². The van der Waals surface area contributed by atoms with E-state index in [9.17, 15) is 14.7 Å². The van der Waals surface area contributed by atoms with E-state index >= 15 is 0 Å². The summed E-state index contributed by atoms with van der Waals surface area (Å²) in [6.07, 6.45) is 0. The Hall–Kier alpha value is -3.61. The number of aromatic nitrogens is 2. The normalized spacial score (nSPS) is 11.2. The highest BCUT2D eigenvalue weighted by molar-refractivity contribution is 5.88. The third-order valence-corrected chi connectivity index (χ3v) is 5.28. The Kier molecular flexibility index (Phi) is 5.41. The number of aromatic carboxylic acids is 1. The lowest BCUT2D eigenvalue weighted by Gasteiger charge is -2.41. The number of anilines is 1. The van der Waals surface area contributed by atoms with Crippen molar-refractivity contribution in [2.75, 3.05) is 19.1 Å². The molecule has 0 saturated heterocycles. The summed E-state index contributed by atoms with van der Waals surface area (Å²) in [5, 5.41) is 9.55. The first kappa shape index (κ1) is 20.1. The number of rotatable bonds is 6. The van der Waals surface area contributed by atoms with Crippen molar-refractivity contribution in [3.8, 4) is 5.75 Å². The second-order valence-electron chi connectivity index (χ2n) is 6.83. The van der Waals surface area contributed by atoms with E-state index in [1.54, 1.807) is 14.1 Å². The molecule has 0 radical (unpaired) electrons. The topological polar surface area (TPSA) is 84.7 Å². The fraction of sp³-hybridized carbons (Fsp3) is 0.227. The quantitative estimate of drug-likeness (QED) is 0.693. The lowest BCUT2D eigenvalue weighted by molar-refractivity contribution is 0.0685. The summed E-state index contributed by atoms with van der Waals surface area (Å²) in [5.74, 6) is -1.41. The molecule has 0 amide bonds. The van der Waals surface area contributed by atoms with Crippen LogP contribution in [0.5, 0.6) is 5.75 Å². The fourth-order valence-corrected chi connectivity index (χ4v) is 3.48. The van der Waals surface area contributed by atoms with Gasteiger partial charge in [0.1, 0.15) is 0 Å². The zero-order valence-corrected chi connectivity index (χ0v) is 16.8. The van der Waals surface area contributed by atoms with Crippen molar-refractivity contribution >= 4 is 11.9 Å². The van der Waals surface area contributed by atoms with Crippen LogP contribution in [-0.2, 0) is 12.6 Å². The molecular formula is C22H23N3O4. The molecule has 0 aliphatic rings. The molecular weight excluding hydrogens is 370 g/mol. The number of benzene rings is 2. The van der Waals surface area contributed by atoms with Crippen molar-refractivity contribution in [3.05, 3.63) is 87.8 Å². The van der Waals surface area contributed by atoms with Crippen molar-refractivity contribution in [1.29, 1.82) is 0 Å². The second-order valence-corrected chi connectivity index (χ2v) is 6.83. The zero-order chi connectivity index (χ0) is 21.2. The van der Waals surface area contributed by atoms with E-state index in [1.165, 1.54) is 11.7 Å². The number of nitrogens with zero attached hydrogens (tertiary/aromatic N) is 3. The van der Waals surface area contributed by atoms with Gasteiger partial charge in [-0.05, 0) is 18.1 Å². The van der Waals surface area contributed by atoms with Gasteiger partial charge < -0.3 is 14.7 Å². The summed E-state index contributed by atoms with van der Waals surface area (Å²) in [5.41, 5.74) is 0.238. The summed E-state index contributed by atoms with van der Waals surface area (Å²) in [6, 6.07) is 19.6. The molecule has 3 aromatic rings. The van der Waals surface area contributed by atoms with Gasteiger partial charge in [-0.3, -0.25) is 9.36 Å². The number of hydrogen-bond donors (Lipinski definition) is 1. The highest BCUT2D eigenvalue weighted by Gasteiger charge is 2.36. The molecule has 0 aliphatic heterocycles. The minimum atomic E-state index is -1.32. The van der Waals surface area contributed by atoms with Crippen LogP contribution in [0.3, 0.4) is 0 Å². The maximum atomic E-state index is 12.8. The number of methoxy groups -OCH3 is 1. The van der Waals surface area contributed by atoms with Gasteiger partial charge in [0.15, 0.2) is 5.69 Å². The van der Waals surface area contributed by atoms with Gasteiger partial charge in [-0.1, -0.05) is 60.7 Å². The zero-order valence-electron chi connectivity index (χ0n) is 16.8. The molecule has 1 N–H and O–H groups in total. The first-order valence-corrected chi connectivity index (χ1v) is 9.05. The minimum absolute atomic E-state index is 0.211. The van der Waals surface area contributed by atoms with Gasteiger partial charge in [-0.2, -0.15) is 0 Å². The summed E-state index contributed by atoms with van der Waals surface area (Å²) in [6.45, 7) is 2.01. The largest absolute Gasteiger partial charge is 0.489 e. The molecule has 29 heavy (non-hydrogen) atoms. The molecule has 1 aromatic heterocycles. The standard InChI is InChI=1S/C22H23N3O4/c1-22(15-11-7-5-8-12-15,16-13-9-6-10-14-16)25(3)21-23-17(20(27)28)18(29-4)19(26)24(21)2/h5-14H,1-4H3,(H,27,28). The number of ether oxygens (including phenoxy) is 1. The maximum Gasteiger partial charge on any atom is 0.358 e. The van der Waals surface area contributed by atoms with E-state index in [0.29, 0.717) is 0 Å². The van der Waals surface area contributed by atoms with E-state index < -0.39 is 22.8 Å². The minimum Gasteiger partial charge on any atom is -0.489 e. The van der Waals surface area contributed by atoms with Crippen LogP contribution in [0, 0.1) is 0 Å². The summed E-state index contributed by atoms with van der Waals surface area (Å²) in [7, 11) is 4.60. The SMILES string of the molecule is COc1c(C(=O)O)nc(N(C)C(C)(c2ccccc2)c2ccccc2)n(C)c1=O. The van der Waals surface area contributed by atoms with Crippen molar-refractivity contribution < 1.29 is 14.6 Å². The molecule has 7 heteroatoms. The van der Waals surface area contributed by atoms with E-state index in [2.05, 4.69) is 4.98 Å². The summed E-state index contributed by atoms with van der Waals surface area (Å²) in [4.78, 5) is 30.6. The molecule has 3 rings (SSSR count). The number of carboxylic acids is 1. The third kappa shape index (κ3) is 3.35. The second kappa shape index (κ2) is 7.79. The number of hydrogen-bond acceptors (Lipinski definition) is 5. The van der Waals surface area contributed by atoms with E-state index in [-0.39, 0.29) is 11.7 Å². The van der Waals surface area contributed by atoms with Gasteiger partial charge in [0.05, 0.1) is 12.6 Å². The summed E-state index contributed by atoms with van der Waals surface area (Å²) < 4.78 is 6.31. The van der Waals surface area contributed by atoms with Crippen LogP contribution in [0.4, 0.5) is 5.95 Å². The van der Waals surface area contributed by atoms with Crippen LogP contribution in [-0.4, -0.2) is 34.8 Å². The Balaban J connectivity index is 2.29. The van der Waals surface area contributed by atoms with Gasteiger partial charge in [0, 0.05) is 14.1 Å². The Morgan fingerprint density at radius 2 is 1.55 bits per heavy atom. The molecule has 0 aliphatic carbocycles. The van der Waals surface area contributed by atoms with Gasteiger partial charge in [-0.15, -0.1) is 0 Å². The molecule has 0 unspecified atom stereocenters. The molecule has 7 nitrogen and oxygen atoms in total. The predicted octanol–water partition coefficient (Wildman–Crippen LogP) is 2.89. The lowest BCUT2D eigenvalue weighted by atomic mass is 9.83. The molecule has 1 heterocycles. The third-order valence-electron chi connectivity index (χ3n) is 5.28. The van der Waals surface area contributed by atoms with E-state index in [4.69, 9.17) is 4.74 Å². The van der Waals surface area contributed by atoms with Crippen LogP contribution < -0.4 is 15.2 Å². The Morgan fingerprint density at radius 1 is 1.07 bits per heavy atom. The molecule has 0 bridgehead atoms. The van der Waals surface area contributed by atoms with E-state index in [1.807, 2.05) is 72.5 Å². The highest BCUT2D eigenvalue weighted by Crippen LogP contribution is 2.37. The Morgan fingerprint density at radius 3 is 1.97 bits per heavy atom. The van der Waals surface area contributed by atoms with E-state index in [0.717, 1.165) is 11.1 Å². The average Bonchev–Trinajstić information content (AvgIpc) is 2.75. The first-order valence-electron chi connectivity index (χ1n) is 9.05. The molecule has 0 saturated carbocycles. The molecule has 0 fully saturated rings. The molecule has 2 aromatic carbocycles. The maximum absolute atomic E-state index is 12.8. The Labute approximate surface area is 168 Å². The smallest absolute Gasteiger partial charge is 0.358 e. The molecule has 0 atom stereocenters. The van der Waals surface area contributed by atoms with Crippen molar-refractivity contribution in [3.63, 3.8) is 0 Å². The fourth-order valence-electron chi connectivity index (χ4n) is 3.48.